The van der Waals surface area contributed by atoms with Crippen molar-refractivity contribution in [2.24, 2.45) is 0 Å². The first-order valence-electron chi connectivity index (χ1n) is 8.92. The Morgan fingerprint density at radius 3 is 2.50 bits per heavy atom. The molecule has 1 heterocycles. The number of nitrogens with two attached hydrogens (primary N) is 2. The SMILES string of the molecule is CCc1nc(N)nc(N)c1-c1ccc(N[C@@H](C)c2ccccc2)c([N+](=O)[O-])c1. The Hall–Kier alpha value is -3.68. The highest BCUT2D eigenvalue weighted by Crippen LogP contribution is 2.36. The van der Waals surface area contributed by atoms with Crippen LogP contribution in [0.5, 0.6) is 0 Å². The number of nitrogen functional groups attached to an aromatic ring is 2. The van der Waals surface area contributed by atoms with Crippen LogP contribution in [-0.4, -0.2) is 14.9 Å². The topological polar surface area (TPSA) is 133 Å². The van der Waals surface area contributed by atoms with Gasteiger partial charge >= 0.3 is 0 Å². The molecule has 3 aromatic rings. The van der Waals surface area contributed by atoms with E-state index in [9.17, 15) is 10.1 Å². The maximum Gasteiger partial charge on any atom is 0.292 e. The van der Waals surface area contributed by atoms with Gasteiger partial charge in [-0.25, -0.2) is 4.98 Å². The van der Waals surface area contributed by atoms with Crippen molar-refractivity contribution in [1.29, 1.82) is 0 Å². The highest BCUT2D eigenvalue weighted by Gasteiger charge is 2.20. The molecule has 0 aliphatic carbocycles. The number of anilines is 3. The van der Waals surface area contributed by atoms with Gasteiger partial charge in [-0.2, -0.15) is 4.98 Å². The molecule has 0 fully saturated rings. The zero-order valence-electron chi connectivity index (χ0n) is 15.7. The van der Waals surface area contributed by atoms with Gasteiger partial charge in [0.05, 0.1) is 10.6 Å². The second kappa shape index (κ2) is 7.91. The molecule has 8 heteroatoms. The molecule has 0 saturated carbocycles. The van der Waals surface area contributed by atoms with E-state index in [4.69, 9.17) is 11.5 Å². The molecule has 1 atom stereocenters. The molecular formula is C20H22N6O2. The molecule has 0 radical (unpaired) electrons. The standard InChI is InChI=1S/C20H22N6O2/c1-3-15-18(19(21)25-20(22)24-15)14-9-10-16(17(11-14)26(27)28)23-12(2)13-7-5-4-6-8-13/h4-12,23H,3H2,1-2H3,(H4,21,22,24,25)/t12-/m0/s1. The number of nitrogens with one attached hydrogen (secondary N) is 1. The molecular weight excluding hydrogens is 356 g/mol. The van der Waals surface area contributed by atoms with Gasteiger partial charge in [0.25, 0.3) is 5.69 Å². The first kappa shape index (κ1) is 19.1. The minimum atomic E-state index is -0.413. The molecule has 0 amide bonds. The molecule has 0 bridgehead atoms. The van der Waals surface area contributed by atoms with Crippen LogP contribution in [0.15, 0.2) is 48.5 Å². The van der Waals surface area contributed by atoms with Crippen LogP contribution in [0, 0.1) is 10.1 Å². The molecule has 0 aliphatic rings. The number of nitro benzene ring substituents is 1. The fraction of sp³-hybridized carbons (Fsp3) is 0.200. The van der Waals surface area contributed by atoms with Gasteiger partial charge in [-0.3, -0.25) is 10.1 Å². The summed E-state index contributed by atoms with van der Waals surface area (Å²) < 4.78 is 0. The molecule has 0 unspecified atom stereocenters. The Morgan fingerprint density at radius 1 is 1.14 bits per heavy atom. The van der Waals surface area contributed by atoms with Crippen molar-refractivity contribution in [2.45, 2.75) is 26.3 Å². The molecule has 5 N–H and O–H groups in total. The second-order valence-corrected chi connectivity index (χ2v) is 6.41. The second-order valence-electron chi connectivity index (χ2n) is 6.41. The zero-order valence-corrected chi connectivity index (χ0v) is 15.7. The molecule has 0 saturated heterocycles. The predicted molar refractivity (Wildman–Crippen MR) is 111 cm³/mol. The largest absolute Gasteiger partial charge is 0.383 e. The van der Waals surface area contributed by atoms with Crippen molar-refractivity contribution >= 4 is 23.1 Å². The van der Waals surface area contributed by atoms with Crippen molar-refractivity contribution < 1.29 is 4.92 Å². The Bertz CT molecular complexity index is 1010. The molecule has 28 heavy (non-hydrogen) atoms. The van der Waals surface area contributed by atoms with E-state index < -0.39 is 4.92 Å². The highest BCUT2D eigenvalue weighted by molar-refractivity contribution is 5.81. The molecule has 2 aromatic carbocycles. The van der Waals surface area contributed by atoms with Crippen LogP contribution in [0.3, 0.4) is 0 Å². The Morgan fingerprint density at radius 2 is 1.86 bits per heavy atom. The maximum atomic E-state index is 11.7. The summed E-state index contributed by atoms with van der Waals surface area (Å²) in [5.41, 5.74) is 14.9. The summed E-state index contributed by atoms with van der Waals surface area (Å²) in [4.78, 5) is 19.5. The summed E-state index contributed by atoms with van der Waals surface area (Å²) in [6.07, 6.45) is 0.574. The number of nitro groups is 1. The van der Waals surface area contributed by atoms with Crippen LogP contribution in [-0.2, 0) is 6.42 Å². The molecule has 0 aliphatic heterocycles. The number of benzene rings is 2. The number of hydrogen-bond donors (Lipinski definition) is 3. The van der Waals surface area contributed by atoms with E-state index in [-0.39, 0.29) is 23.5 Å². The first-order chi connectivity index (χ1) is 13.4. The summed E-state index contributed by atoms with van der Waals surface area (Å²) in [6, 6.07) is 14.6. The third-order valence-corrected chi connectivity index (χ3v) is 4.52. The van der Waals surface area contributed by atoms with Gasteiger partial charge in [0.15, 0.2) is 0 Å². The van der Waals surface area contributed by atoms with Crippen LogP contribution in [0.1, 0.15) is 31.1 Å². The van der Waals surface area contributed by atoms with E-state index in [1.165, 1.54) is 6.07 Å². The lowest BCUT2D eigenvalue weighted by atomic mass is 10.0. The average Bonchev–Trinajstić information content (AvgIpc) is 2.68. The van der Waals surface area contributed by atoms with Crippen LogP contribution in [0.4, 0.5) is 23.1 Å². The maximum absolute atomic E-state index is 11.7. The van der Waals surface area contributed by atoms with Gasteiger partial charge in [0, 0.05) is 17.7 Å². The fourth-order valence-electron chi connectivity index (χ4n) is 3.14. The summed E-state index contributed by atoms with van der Waals surface area (Å²) in [6.45, 7) is 3.87. The van der Waals surface area contributed by atoms with Gasteiger partial charge < -0.3 is 16.8 Å². The molecule has 8 nitrogen and oxygen atoms in total. The van der Waals surface area contributed by atoms with Gasteiger partial charge in [0.1, 0.15) is 11.5 Å². The minimum absolute atomic E-state index is 0.0430. The molecule has 144 valence electrons. The van der Waals surface area contributed by atoms with E-state index in [0.29, 0.717) is 28.9 Å². The summed E-state index contributed by atoms with van der Waals surface area (Å²) >= 11 is 0. The third kappa shape index (κ3) is 3.85. The number of aromatic nitrogens is 2. The minimum Gasteiger partial charge on any atom is -0.383 e. The average molecular weight is 378 g/mol. The lowest BCUT2D eigenvalue weighted by molar-refractivity contribution is -0.383. The Balaban J connectivity index is 2.02. The van der Waals surface area contributed by atoms with Crippen molar-refractivity contribution in [1.82, 2.24) is 9.97 Å². The quantitative estimate of drug-likeness (QED) is 0.437. The van der Waals surface area contributed by atoms with Crippen LogP contribution >= 0.6 is 0 Å². The number of rotatable bonds is 6. The molecule has 0 spiro atoms. The summed E-state index contributed by atoms with van der Waals surface area (Å²) in [5, 5.41) is 14.9. The van der Waals surface area contributed by atoms with Crippen molar-refractivity contribution in [3.05, 3.63) is 69.9 Å². The monoisotopic (exact) mass is 378 g/mol. The van der Waals surface area contributed by atoms with E-state index in [2.05, 4.69) is 15.3 Å². The van der Waals surface area contributed by atoms with Crippen LogP contribution < -0.4 is 16.8 Å². The lowest BCUT2D eigenvalue weighted by Gasteiger charge is -2.17. The number of nitrogens with zero attached hydrogens (tertiary/aromatic N) is 3. The zero-order chi connectivity index (χ0) is 20.3. The first-order valence-corrected chi connectivity index (χ1v) is 8.92. The van der Waals surface area contributed by atoms with E-state index in [1.54, 1.807) is 12.1 Å². The predicted octanol–water partition coefficient (Wildman–Crippen LogP) is 3.95. The number of hydrogen-bond acceptors (Lipinski definition) is 7. The van der Waals surface area contributed by atoms with Crippen LogP contribution in [0.25, 0.3) is 11.1 Å². The van der Waals surface area contributed by atoms with Crippen molar-refractivity contribution in [3.8, 4) is 11.1 Å². The highest BCUT2D eigenvalue weighted by atomic mass is 16.6. The van der Waals surface area contributed by atoms with Gasteiger partial charge in [-0.15, -0.1) is 0 Å². The fourth-order valence-corrected chi connectivity index (χ4v) is 3.14. The smallest absolute Gasteiger partial charge is 0.292 e. The van der Waals surface area contributed by atoms with E-state index in [0.717, 1.165) is 5.56 Å². The van der Waals surface area contributed by atoms with Gasteiger partial charge in [-0.05, 0) is 30.5 Å². The normalized spacial score (nSPS) is 11.8. The Kier molecular flexibility index (Phi) is 5.39. The molecule has 3 rings (SSSR count). The van der Waals surface area contributed by atoms with E-state index >= 15 is 0 Å². The van der Waals surface area contributed by atoms with Crippen molar-refractivity contribution in [3.63, 3.8) is 0 Å². The van der Waals surface area contributed by atoms with Crippen LogP contribution in [0.2, 0.25) is 0 Å². The third-order valence-electron chi connectivity index (χ3n) is 4.52. The molecule has 1 aromatic heterocycles. The lowest BCUT2D eigenvalue weighted by Crippen LogP contribution is -2.09. The summed E-state index contributed by atoms with van der Waals surface area (Å²) in [5.74, 6) is 0.291. The van der Waals surface area contributed by atoms with Gasteiger partial charge in [-0.1, -0.05) is 43.3 Å². The van der Waals surface area contributed by atoms with Crippen molar-refractivity contribution in [2.75, 3.05) is 16.8 Å². The van der Waals surface area contributed by atoms with E-state index in [1.807, 2.05) is 44.2 Å². The summed E-state index contributed by atoms with van der Waals surface area (Å²) in [7, 11) is 0. The van der Waals surface area contributed by atoms with Gasteiger partial charge in [0.2, 0.25) is 5.95 Å². The number of aryl methyl sites for hydroxylation is 1. The Labute approximate surface area is 162 Å².